The summed E-state index contributed by atoms with van der Waals surface area (Å²) in [5, 5.41) is 0. The Morgan fingerprint density at radius 3 is 2.58 bits per heavy atom. The molecule has 0 heterocycles. The highest BCUT2D eigenvalue weighted by Crippen LogP contribution is 2.26. The summed E-state index contributed by atoms with van der Waals surface area (Å²) in [6, 6.07) is 0. The number of nitrogens with zero attached hydrogens (tertiary/aromatic N) is 1. The number of thiocarbonyl (C=S) groups is 1. The standard InChI is InChI=1S/C14H26N2O2S/c1-18-10-9-16(8-7-13(15)19)14(17)11-12-5-3-2-4-6-12/h12H,2-11H2,1H3,(H2,15,19). The van der Waals surface area contributed by atoms with E-state index in [2.05, 4.69) is 0 Å². The molecule has 1 saturated carbocycles. The smallest absolute Gasteiger partial charge is 0.222 e. The maximum absolute atomic E-state index is 12.3. The van der Waals surface area contributed by atoms with Crippen LogP contribution in [0.2, 0.25) is 0 Å². The summed E-state index contributed by atoms with van der Waals surface area (Å²) in [7, 11) is 1.65. The summed E-state index contributed by atoms with van der Waals surface area (Å²) in [6.45, 7) is 1.81. The quantitative estimate of drug-likeness (QED) is 0.694. The second-order valence-corrected chi connectivity index (χ2v) is 5.82. The average molecular weight is 286 g/mol. The number of hydrogen-bond donors (Lipinski definition) is 1. The summed E-state index contributed by atoms with van der Waals surface area (Å²) in [6.07, 6.45) is 7.50. The Balaban J connectivity index is 2.41. The predicted octanol–water partition coefficient (Wildman–Crippen LogP) is 2.11. The molecule has 1 aliphatic carbocycles. The third-order valence-electron chi connectivity index (χ3n) is 3.73. The highest BCUT2D eigenvalue weighted by Gasteiger charge is 2.20. The molecule has 0 aromatic heterocycles. The van der Waals surface area contributed by atoms with Crippen LogP contribution < -0.4 is 5.73 Å². The number of carbonyl (C=O) groups excluding carboxylic acids is 1. The normalized spacial score (nSPS) is 16.3. The molecule has 5 heteroatoms. The molecule has 4 nitrogen and oxygen atoms in total. The molecule has 1 amide bonds. The Bertz CT molecular complexity index is 291. The lowest BCUT2D eigenvalue weighted by Gasteiger charge is -2.26. The van der Waals surface area contributed by atoms with Crippen molar-refractivity contribution in [2.45, 2.75) is 44.9 Å². The zero-order valence-corrected chi connectivity index (χ0v) is 12.7. The second-order valence-electron chi connectivity index (χ2n) is 5.30. The van der Waals surface area contributed by atoms with E-state index in [0.717, 1.165) is 0 Å². The van der Waals surface area contributed by atoms with Crippen LogP contribution in [0.3, 0.4) is 0 Å². The average Bonchev–Trinajstić information content (AvgIpc) is 2.39. The van der Waals surface area contributed by atoms with E-state index in [9.17, 15) is 4.79 Å². The molecule has 1 aliphatic rings. The van der Waals surface area contributed by atoms with Gasteiger partial charge in [-0.2, -0.15) is 0 Å². The van der Waals surface area contributed by atoms with Gasteiger partial charge >= 0.3 is 0 Å². The van der Waals surface area contributed by atoms with Crippen molar-refractivity contribution >= 4 is 23.1 Å². The highest BCUT2D eigenvalue weighted by atomic mass is 32.1. The Labute approximate surface area is 121 Å². The maximum atomic E-state index is 12.3. The zero-order valence-electron chi connectivity index (χ0n) is 11.9. The first-order valence-corrected chi connectivity index (χ1v) is 7.59. The molecule has 2 N–H and O–H groups in total. The van der Waals surface area contributed by atoms with Gasteiger partial charge in [0.1, 0.15) is 0 Å². The monoisotopic (exact) mass is 286 g/mol. The molecular weight excluding hydrogens is 260 g/mol. The molecule has 0 radical (unpaired) electrons. The lowest BCUT2D eigenvalue weighted by Crippen LogP contribution is -2.37. The SMILES string of the molecule is COCCN(CCC(N)=S)C(=O)CC1CCCCC1. The fraction of sp³-hybridized carbons (Fsp3) is 0.857. The van der Waals surface area contributed by atoms with Gasteiger partial charge in [-0.05, 0) is 18.8 Å². The van der Waals surface area contributed by atoms with Crippen molar-refractivity contribution in [3.8, 4) is 0 Å². The molecule has 0 unspecified atom stereocenters. The van der Waals surface area contributed by atoms with Gasteiger partial charge in [0.05, 0.1) is 11.6 Å². The number of nitrogens with two attached hydrogens (primary N) is 1. The van der Waals surface area contributed by atoms with Crippen LogP contribution in [0.25, 0.3) is 0 Å². The van der Waals surface area contributed by atoms with E-state index in [1.54, 1.807) is 7.11 Å². The van der Waals surface area contributed by atoms with Gasteiger partial charge in [-0.15, -0.1) is 0 Å². The van der Waals surface area contributed by atoms with E-state index in [1.807, 2.05) is 4.90 Å². The van der Waals surface area contributed by atoms with Crippen LogP contribution in [-0.2, 0) is 9.53 Å². The minimum Gasteiger partial charge on any atom is -0.393 e. The van der Waals surface area contributed by atoms with Gasteiger partial charge in [0, 0.05) is 33.0 Å². The molecule has 1 fully saturated rings. The van der Waals surface area contributed by atoms with Crippen molar-refractivity contribution in [3.63, 3.8) is 0 Å². The van der Waals surface area contributed by atoms with Gasteiger partial charge in [0.25, 0.3) is 0 Å². The maximum Gasteiger partial charge on any atom is 0.222 e. The van der Waals surface area contributed by atoms with Crippen molar-refractivity contribution < 1.29 is 9.53 Å². The minimum absolute atomic E-state index is 0.222. The van der Waals surface area contributed by atoms with E-state index in [-0.39, 0.29) is 5.91 Å². The number of carbonyl (C=O) groups is 1. The zero-order chi connectivity index (χ0) is 14.1. The second kappa shape index (κ2) is 9.26. The molecule has 19 heavy (non-hydrogen) atoms. The minimum atomic E-state index is 0.222. The van der Waals surface area contributed by atoms with Gasteiger partial charge in [0.15, 0.2) is 0 Å². The van der Waals surface area contributed by atoms with Crippen LogP contribution in [0.5, 0.6) is 0 Å². The number of amides is 1. The molecule has 0 aromatic carbocycles. The molecule has 1 rings (SSSR count). The van der Waals surface area contributed by atoms with Gasteiger partial charge in [-0.3, -0.25) is 4.79 Å². The molecule has 0 bridgehead atoms. The highest BCUT2D eigenvalue weighted by molar-refractivity contribution is 7.80. The van der Waals surface area contributed by atoms with Crippen molar-refractivity contribution in [1.82, 2.24) is 4.90 Å². The Morgan fingerprint density at radius 1 is 1.32 bits per heavy atom. The fourth-order valence-corrected chi connectivity index (χ4v) is 2.67. The van der Waals surface area contributed by atoms with E-state index in [1.165, 1.54) is 32.1 Å². The van der Waals surface area contributed by atoms with Crippen LogP contribution in [0.15, 0.2) is 0 Å². The predicted molar refractivity (Wildman–Crippen MR) is 81.1 cm³/mol. The first-order chi connectivity index (χ1) is 9.13. The Morgan fingerprint density at radius 2 is 2.00 bits per heavy atom. The Kier molecular flexibility index (Phi) is 7.98. The largest absolute Gasteiger partial charge is 0.393 e. The Hall–Kier alpha value is -0.680. The van der Waals surface area contributed by atoms with E-state index >= 15 is 0 Å². The first-order valence-electron chi connectivity index (χ1n) is 7.18. The lowest BCUT2D eigenvalue weighted by molar-refractivity contribution is -0.133. The van der Waals surface area contributed by atoms with Crippen LogP contribution in [0.4, 0.5) is 0 Å². The lowest BCUT2D eigenvalue weighted by atomic mass is 9.86. The molecule has 0 aliphatic heterocycles. The number of hydrogen-bond acceptors (Lipinski definition) is 3. The summed E-state index contributed by atoms with van der Waals surface area (Å²) in [5.74, 6) is 0.788. The van der Waals surface area contributed by atoms with E-state index < -0.39 is 0 Å². The molecule has 0 atom stereocenters. The third kappa shape index (κ3) is 6.87. The summed E-state index contributed by atoms with van der Waals surface area (Å²) in [4.78, 5) is 14.6. The van der Waals surface area contributed by atoms with Crippen molar-refractivity contribution in [2.75, 3.05) is 26.8 Å². The number of rotatable bonds is 8. The van der Waals surface area contributed by atoms with Gasteiger partial charge in [-0.25, -0.2) is 0 Å². The summed E-state index contributed by atoms with van der Waals surface area (Å²) < 4.78 is 5.06. The van der Waals surface area contributed by atoms with Crippen LogP contribution in [-0.4, -0.2) is 42.6 Å². The molecular formula is C14H26N2O2S. The van der Waals surface area contributed by atoms with Crippen molar-refractivity contribution in [3.05, 3.63) is 0 Å². The summed E-state index contributed by atoms with van der Waals surface area (Å²) >= 11 is 4.88. The first kappa shape index (κ1) is 16.4. The van der Waals surface area contributed by atoms with Gasteiger partial charge in [-0.1, -0.05) is 31.5 Å². The fourth-order valence-electron chi connectivity index (χ4n) is 2.58. The molecule has 0 saturated heterocycles. The summed E-state index contributed by atoms with van der Waals surface area (Å²) in [5.41, 5.74) is 5.52. The number of ether oxygens (including phenoxy) is 1. The van der Waals surface area contributed by atoms with Crippen LogP contribution >= 0.6 is 12.2 Å². The molecule has 0 spiro atoms. The topological polar surface area (TPSA) is 55.6 Å². The van der Waals surface area contributed by atoms with Crippen molar-refractivity contribution in [2.24, 2.45) is 11.7 Å². The van der Waals surface area contributed by atoms with Crippen LogP contribution in [0, 0.1) is 5.92 Å². The third-order valence-corrected chi connectivity index (χ3v) is 3.94. The van der Waals surface area contributed by atoms with Gasteiger partial charge < -0.3 is 15.4 Å². The molecule has 0 aromatic rings. The molecule has 110 valence electrons. The van der Waals surface area contributed by atoms with Gasteiger partial charge in [0.2, 0.25) is 5.91 Å². The van der Waals surface area contributed by atoms with Crippen molar-refractivity contribution in [1.29, 1.82) is 0 Å². The van der Waals surface area contributed by atoms with E-state index in [0.29, 0.717) is 43.4 Å². The van der Waals surface area contributed by atoms with Crippen LogP contribution in [0.1, 0.15) is 44.9 Å². The van der Waals surface area contributed by atoms with E-state index in [4.69, 9.17) is 22.7 Å². The number of methoxy groups -OCH3 is 1.